The first-order chi connectivity index (χ1) is 8.71. The van der Waals surface area contributed by atoms with Gasteiger partial charge in [-0.25, -0.2) is 0 Å². The Morgan fingerprint density at radius 1 is 0.833 bits per heavy atom. The van der Waals surface area contributed by atoms with Gasteiger partial charge in [-0.2, -0.15) is 0 Å². The molecule has 2 aromatic heterocycles. The van der Waals surface area contributed by atoms with Crippen molar-refractivity contribution in [1.29, 1.82) is 0 Å². The Morgan fingerprint density at radius 2 is 1.33 bits per heavy atom. The third-order valence-electron chi connectivity index (χ3n) is 4.29. The second-order valence-electron chi connectivity index (χ2n) is 5.46. The van der Waals surface area contributed by atoms with Gasteiger partial charge in [0.2, 0.25) is 0 Å². The molecular formula is C13H16N2S2Si. The summed E-state index contributed by atoms with van der Waals surface area (Å²) in [6.45, 7) is 4.31. The number of rotatable bonds is 0. The van der Waals surface area contributed by atoms with Crippen LogP contribution in [0.2, 0.25) is 12.1 Å². The van der Waals surface area contributed by atoms with Crippen molar-refractivity contribution >= 4 is 41.4 Å². The first kappa shape index (κ1) is 11.3. The maximum atomic E-state index is 4.93. The highest BCUT2D eigenvalue weighted by molar-refractivity contribution is 7.28. The van der Waals surface area contributed by atoms with Gasteiger partial charge < -0.3 is 0 Å². The van der Waals surface area contributed by atoms with Gasteiger partial charge in [-0.05, 0) is 25.9 Å². The van der Waals surface area contributed by atoms with Crippen LogP contribution in [0.15, 0.2) is 0 Å². The van der Waals surface area contributed by atoms with E-state index in [4.69, 9.17) is 9.97 Å². The van der Waals surface area contributed by atoms with Gasteiger partial charge in [-0.3, -0.25) is 9.97 Å². The monoisotopic (exact) mass is 292 g/mol. The maximum absolute atomic E-state index is 4.93. The van der Waals surface area contributed by atoms with Crippen LogP contribution in [0.25, 0.3) is 9.75 Å². The molecule has 1 spiro atoms. The lowest BCUT2D eigenvalue weighted by Crippen LogP contribution is -2.57. The summed E-state index contributed by atoms with van der Waals surface area (Å²) in [5.74, 6) is 0. The van der Waals surface area contributed by atoms with Gasteiger partial charge in [0, 0.05) is 0 Å². The van der Waals surface area contributed by atoms with Crippen LogP contribution < -0.4 is 10.6 Å². The van der Waals surface area contributed by atoms with Gasteiger partial charge in [-0.15, -0.1) is 22.7 Å². The van der Waals surface area contributed by atoms with E-state index < -0.39 is 8.07 Å². The number of aryl methyl sites for hydroxylation is 2. The molecule has 0 aromatic carbocycles. The third kappa shape index (κ3) is 1.33. The van der Waals surface area contributed by atoms with E-state index in [0.29, 0.717) is 0 Å². The van der Waals surface area contributed by atoms with E-state index in [2.05, 4.69) is 13.8 Å². The zero-order valence-electron chi connectivity index (χ0n) is 10.7. The molecule has 2 aliphatic rings. The number of aromatic nitrogens is 2. The summed E-state index contributed by atoms with van der Waals surface area (Å²) in [6.07, 6.45) is 4.18. The van der Waals surface area contributed by atoms with E-state index in [9.17, 15) is 0 Å². The van der Waals surface area contributed by atoms with Gasteiger partial charge in [0.1, 0.15) is 0 Å². The summed E-state index contributed by atoms with van der Waals surface area (Å²) in [5.41, 5.74) is 0. The molecule has 94 valence electrons. The van der Waals surface area contributed by atoms with Crippen LogP contribution in [0.4, 0.5) is 0 Å². The molecule has 1 saturated heterocycles. The number of fused-ring (bicyclic) bond motifs is 5. The molecule has 18 heavy (non-hydrogen) atoms. The van der Waals surface area contributed by atoms with Crippen molar-refractivity contribution in [3.63, 3.8) is 0 Å². The molecule has 2 nitrogen and oxygen atoms in total. The molecule has 0 amide bonds. The van der Waals surface area contributed by atoms with E-state index in [-0.39, 0.29) is 0 Å². The Balaban J connectivity index is 2.01. The van der Waals surface area contributed by atoms with Crippen LogP contribution in [0.5, 0.6) is 0 Å². The van der Waals surface area contributed by atoms with Crippen molar-refractivity contribution in [2.75, 3.05) is 0 Å². The second-order valence-corrected chi connectivity index (χ2v) is 12.0. The number of nitrogens with zero attached hydrogens (tertiary/aromatic N) is 2. The molecular weight excluding hydrogens is 276 g/mol. The van der Waals surface area contributed by atoms with Crippen molar-refractivity contribution in [2.45, 2.75) is 45.2 Å². The predicted molar refractivity (Wildman–Crippen MR) is 81.2 cm³/mol. The minimum absolute atomic E-state index is 1.24. The molecule has 0 radical (unpaired) electrons. The molecule has 0 unspecified atom stereocenters. The normalized spacial score (nSPS) is 20.1. The molecule has 2 aliphatic heterocycles. The first-order valence-electron chi connectivity index (χ1n) is 6.67. The van der Waals surface area contributed by atoms with Crippen molar-refractivity contribution in [2.24, 2.45) is 0 Å². The second kappa shape index (κ2) is 3.74. The summed E-state index contributed by atoms with van der Waals surface area (Å²) in [4.78, 5) is 12.8. The molecule has 0 bridgehead atoms. The Morgan fingerprint density at radius 3 is 1.83 bits per heavy atom. The van der Waals surface area contributed by atoms with E-state index >= 15 is 0 Å². The minimum atomic E-state index is -1.52. The molecule has 2 aromatic rings. The average molecular weight is 293 g/mol. The lowest BCUT2D eigenvalue weighted by Gasteiger charge is -2.29. The van der Waals surface area contributed by atoms with Gasteiger partial charge in [0.15, 0.2) is 8.07 Å². The lowest BCUT2D eigenvalue weighted by atomic mass is 10.3. The highest BCUT2D eigenvalue weighted by atomic mass is 32.1. The molecule has 5 heteroatoms. The van der Waals surface area contributed by atoms with Crippen LogP contribution in [0.1, 0.15) is 29.3 Å². The fourth-order valence-electron chi connectivity index (χ4n) is 3.55. The summed E-state index contributed by atoms with van der Waals surface area (Å²) in [7, 11) is -1.52. The van der Waals surface area contributed by atoms with Crippen LogP contribution >= 0.6 is 22.7 Å². The fourth-order valence-corrected chi connectivity index (χ4v) is 12.2. The molecule has 1 fully saturated rings. The van der Waals surface area contributed by atoms with Crippen LogP contribution in [0, 0.1) is 13.8 Å². The minimum Gasteiger partial charge on any atom is -0.250 e. The molecule has 0 N–H and O–H groups in total. The smallest absolute Gasteiger partial charge is 0.168 e. The molecule has 0 atom stereocenters. The first-order valence-corrected chi connectivity index (χ1v) is 10.7. The highest BCUT2D eigenvalue weighted by Gasteiger charge is 2.51. The summed E-state index contributed by atoms with van der Waals surface area (Å²) >= 11 is 3.79. The maximum Gasteiger partial charge on any atom is 0.168 e. The van der Waals surface area contributed by atoms with E-state index in [0.717, 1.165) is 0 Å². The molecule has 0 aliphatic carbocycles. The standard InChI is InChI=1S/C13H16N2S2Si/c1-8-14-12-10(16-8)11-13(15-9(2)17-11)18(12)6-4-3-5-7-18/h3-7H2,1-2H3. The van der Waals surface area contributed by atoms with Gasteiger partial charge in [-0.1, -0.05) is 19.3 Å². The highest BCUT2D eigenvalue weighted by Crippen LogP contribution is 2.41. The van der Waals surface area contributed by atoms with Crippen molar-refractivity contribution < 1.29 is 0 Å². The van der Waals surface area contributed by atoms with Crippen LogP contribution in [-0.2, 0) is 0 Å². The zero-order chi connectivity index (χ0) is 12.3. The average Bonchev–Trinajstić information content (AvgIpc) is 2.97. The van der Waals surface area contributed by atoms with Crippen molar-refractivity contribution in [3.05, 3.63) is 10.0 Å². The Labute approximate surface area is 116 Å². The Kier molecular flexibility index (Phi) is 2.35. The van der Waals surface area contributed by atoms with Gasteiger partial charge in [0.25, 0.3) is 0 Å². The van der Waals surface area contributed by atoms with E-state index in [1.165, 1.54) is 61.8 Å². The third-order valence-corrected chi connectivity index (χ3v) is 11.7. The SMILES string of the molecule is Cc1nc2c(s1)-c1sc(C)nc1[Si]21CCCCC1. The van der Waals surface area contributed by atoms with E-state index in [1.807, 2.05) is 22.7 Å². The number of thiazole rings is 2. The van der Waals surface area contributed by atoms with E-state index in [1.54, 1.807) is 0 Å². The number of hydrogen-bond donors (Lipinski definition) is 0. The summed E-state index contributed by atoms with van der Waals surface area (Å²) < 4.78 is 0. The lowest BCUT2D eigenvalue weighted by molar-refractivity contribution is 0.719. The van der Waals surface area contributed by atoms with Crippen LogP contribution in [0.3, 0.4) is 0 Å². The topological polar surface area (TPSA) is 25.8 Å². The summed E-state index contributed by atoms with van der Waals surface area (Å²) in [5, 5.41) is 5.49. The summed E-state index contributed by atoms with van der Waals surface area (Å²) in [6, 6.07) is 2.78. The Bertz CT molecular complexity index is 575. The zero-order valence-corrected chi connectivity index (χ0v) is 13.4. The molecule has 0 saturated carbocycles. The predicted octanol–water partition coefficient (Wildman–Crippen LogP) is 2.94. The fraction of sp³-hybridized carbons (Fsp3) is 0.538. The molecule has 4 heterocycles. The van der Waals surface area contributed by atoms with Gasteiger partial charge >= 0.3 is 0 Å². The molecule has 4 rings (SSSR count). The quantitative estimate of drug-likeness (QED) is 0.698. The Hall–Kier alpha value is -0.523. The number of hydrogen-bond acceptors (Lipinski definition) is 4. The largest absolute Gasteiger partial charge is 0.250 e. The van der Waals surface area contributed by atoms with Crippen molar-refractivity contribution in [3.8, 4) is 9.75 Å². The van der Waals surface area contributed by atoms with Crippen LogP contribution in [-0.4, -0.2) is 18.0 Å². The van der Waals surface area contributed by atoms with Crippen molar-refractivity contribution in [1.82, 2.24) is 9.97 Å². The van der Waals surface area contributed by atoms with Gasteiger partial charge in [0.05, 0.1) is 30.4 Å².